The van der Waals surface area contributed by atoms with Crippen molar-refractivity contribution in [3.05, 3.63) is 92.1 Å². The average Bonchev–Trinajstić information content (AvgIpc) is 3.67. The van der Waals surface area contributed by atoms with E-state index in [0.29, 0.717) is 18.8 Å². The number of hydrogen-bond donors (Lipinski definition) is 1. The maximum absolute atomic E-state index is 14.1. The van der Waals surface area contributed by atoms with Crippen LogP contribution in [0, 0.1) is 0 Å². The number of aromatic nitrogens is 4. The number of rotatable bonds is 10. The molecule has 0 unspecified atom stereocenters. The number of benzene rings is 2. The van der Waals surface area contributed by atoms with Gasteiger partial charge in [0.05, 0.1) is 17.2 Å². The molecule has 0 radical (unpaired) electrons. The monoisotopic (exact) mass is 571 g/mol. The Bertz CT molecular complexity index is 1630. The summed E-state index contributed by atoms with van der Waals surface area (Å²) in [6.07, 6.45) is 5.50. The number of nitrogens with zero attached hydrogens (tertiary/aromatic N) is 4. The van der Waals surface area contributed by atoms with Gasteiger partial charge in [-0.1, -0.05) is 93.1 Å². The number of aryl methyl sites for hydroxylation is 1. The van der Waals surface area contributed by atoms with Crippen LogP contribution in [0.25, 0.3) is 22.5 Å². The molecule has 4 aromatic rings. The highest BCUT2D eigenvalue weighted by atomic mass is 32.1. The molecular formula is C32H37N5O3S. The minimum absolute atomic E-state index is 0.0146. The third-order valence-corrected chi connectivity index (χ3v) is 8.09. The molecule has 5 rings (SSSR count). The van der Waals surface area contributed by atoms with E-state index >= 15 is 0 Å². The first-order valence-electron chi connectivity index (χ1n) is 14.5. The topological polar surface area (TPSA) is 97.0 Å². The highest BCUT2D eigenvalue weighted by Gasteiger charge is 2.23. The number of unbranched alkanes of at least 4 members (excludes halogenated alkanes) is 1. The normalized spacial score (nSPS) is 13.3. The van der Waals surface area contributed by atoms with Crippen LogP contribution in [0.5, 0.6) is 0 Å². The van der Waals surface area contributed by atoms with Crippen LogP contribution in [0.15, 0.2) is 62.6 Å². The largest absolute Gasteiger partial charge is 0.439 e. The summed E-state index contributed by atoms with van der Waals surface area (Å²) in [6.45, 7) is 8.72. The average molecular weight is 572 g/mol. The smallest absolute Gasteiger partial charge is 0.366 e. The Morgan fingerprint density at radius 2 is 1.76 bits per heavy atom. The van der Waals surface area contributed by atoms with Gasteiger partial charge in [-0.3, -0.25) is 18.9 Å². The van der Waals surface area contributed by atoms with Gasteiger partial charge < -0.3 is 4.90 Å². The van der Waals surface area contributed by atoms with Gasteiger partial charge in [0.25, 0.3) is 5.56 Å². The third-order valence-electron chi connectivity index (χ3n) is 7.69. The van der Waals surface area contributed by atoms with E-state index in [1.165, 1.54) is 0 Å². The Morgan fingerprint density at radius 3 is 2.39 bits per heavy atom. The molecule has 2 aromatic carbocycles. The lowest BCUT2D eigenvalue weighted by Gasteiger charge is -2.22. The van der Waals surface area contributed by atoms with E-state index in [1.807, 2.05) is 53.1 Å². The number of nitrogens with one attached hydrogen (secondary N) is 1. The molecule has 0 aliphatic carbocycles. The molecule has 3 heterocycles. The highest BCUT2D eigenvalue weighted by molar-refractivity contribution is 7.80. The maximum Gasteiger partial charge on any atom is 0.439 e. The Balaban J connectivity index is 1.49. The molecule has 0 amide bonds. The molecule has 0 atom stereocenters. The van der Waals surface area contributed by atoms with Crippen molar-refractivity contribution in [1.82, 2.24) is 24.6 Å². The number of hydrogen-bond acceptors (Lipinski definition) is 6. The lowest BCUT2D eigenvalue weighted by atomic mass is 9.98. The molecule has 1 aliphatic heterocycles. The molecule has 8 nitrogen and oxygen atoms in total. The lowest BCUT2D eigenvalue weighted by Crippen LogP contribution is -2.35. The Hall–Kier alpha value is -3.85. The fourth-order valence-electron chi connectivity index (χ4n) is 5.48. The summed E-state index contributed by atoms with van der Waals surface area (Å²) in [4.78, 5) is 36.5. The van der Waals surface area contributed by atoms with Gasteiger partial charge in [-0.15, -0.1) is 0 Å². The first-order valence-corrected chi connectivity index (χ1v) is 14.9. The Labute approximate surface area is 245 Å². The standard InChI is InChI=1S/C32H37N5O3S/c1-4-5-12-27-33-29(21(2)3)26(19-28(41)36-17-8-9-18-36)31(38)37(27)20-22-13-15-23(16-14-22)24-10-6-7-11-25(24)30-34-32(39)40-35-30/h6-7,10-11,13-16,21H,4-5,8-9,12,17-20H2,1-3H3,(H,34,35,39). The summed E-state index contributed by atoms with van der Waals surface area (Å²) >= 11 is 5.81. The molecule has 9 heteroatoms. The summed E-state index contributed by atoms with van der Waals surface area (Å²) in [6, 6.07) is 15.9. The van der Waals surface area contributed by atoms with Crippen LogP contribution >= 0.6 is 12.2 Å². The van der Waals surface area contributed by atoms with Crippen LogP contribution in [0.4, 0.5) is 0 Å². The first-order chi connectivity index (χ1) is 19.9. The van der Waals surface area contributed by atoms with Crippen LogP contribution in [-0.4, -0.2) is 42.7 Å². The van der Waals surface area contributed by atoms with Crippen molar-refractivity contribution >= 4 is 17.2 Å². The van der Waals surface area contributed by atoms with Crippen LogP contribution in [0.3, 0.4) is 0 Å². The number of H-pyrrole nitrogens is 1. The van der Waals surface area contributed by atoms with Gasteiger partial charge >= 0.3 is 5.76 Å². The number of likely N-dealkylation sites (tertiary alicyclic amines) is 1. The quantitative estimate of drug-likeness (QED) is 0.243. The Morgan fingerprint density at radius 1 is 1.05 bits per heavy atom. The first kappa shape index (κ1) is 28.7. The van der Waals surface area contributed by atoms with E-state index in [0.717, 1.165) is 89.5 Å². The van der Waals surface area contributed by atoms with E-state index < -0.39 is 5.76 Å². The van der Waals surface area contributed by atoms with Gasteiger partial charge in [0.1, 0.15) is 5.82 Å². The second kappa shape index (κ2) is 12.8. The Kier molecular flexibility index (Phi) is 8.93. The van der Waals surface area contributed by atoms with E-state index in [1.54, 1.807) is 0 Å². The van der Waals surface area contributed by atoms with Crippen molar-refractivity contribution < 1.29 is 4.52 Å². The predicted octanol–water partition coefficient (Wildman–Crippen LogP) is 5.73. The fourth-order valence-corrected chi connectivity index (χ4v) is 5.81. The van der Waals surface area contributed by atoms with Crippen molar-refractivity contribution in [2.45, 2.75) is 71.8 Å². The molecule has 1 saturated heterocycles. The van der Waals surface area contributed by atoms with E-state index in [-0.39, 0.29) is 11.5 Å². The van der Waals surface area contributed by atoms with Crippen LogP contribution in [0.1, 0.15) is 75.0 Å². The second-order valence-electron chi connectivity index (χ2n) is 11.0. The van der Waals surface area contributed by atoms with E-state index in [2.05, 4.69) is 35.8 Å². The van der Waals surface area contributed by atoms with Crippen molar-refractivity contribution in [3.8, 4) is 22.5 Å². The number of aromatic amines is 1. The molecule has 1 N–H and O–H groups in total. The molecule has 0 saturated carbocycles. The second-order valence-corrected chi connectivity index (χ2v) is 11.5. The van der Waals surface area contributed by atoms with Gasteiger partial charge in [0.15, 0.2) is 5.82 Å². The summed E-state index contributed by atoms with van der Waals surface area (Å²) in [5.74, 6) is 0.763. The van der Waals surface area contributed by atoms with Crippen molar-refractivity contribution in [2.24, 2.45) is 0 Å². The van der Waals surface area contributed by atoms with Gasteiger partial charge in [0, 0.05) is 37.1 Å². The zero-order valence-electron chi connectivity index (χ0n) is 24.0. The summed E-state index contributed by atoms with van der Waals surface area (Å²) in [7, 11) is 0. The van der Waals surface area contributed by atoms with E-state index in [4.69, 9.17) is 21.7 Å². The molecule has 2 aromatic heterocycles. The number of thiocarbonyl (C=S) groups is 1. The van der Waals surface area contributed by atoms with Gasteiger partial charge in [0.2, 0.25) is 0 Å². The van der Waals surface area contributed by atoms with Crippen LogP contribution < -0.4 is 11.3 Å². The predicted molar refractivity (Wildman–Crippen MR) is 165 cm³/mol. The van der Waals surface area contributed by atoms with Crippen LogP contribution in [0.2, 0.25) is 0 Å². The van der Waals surface area contributed by atoms with Crippen LogP contribution in [-0.2, 0) is 19.4 Å². The molecule has 1 aliphatic rings. The zero-order chi connectivity index (χ0) is 28.9. The summed E-state index contributed by atoms with van der Waals surface area (Å²) in [5, 5.41) is 3.86. The van der Waals surface area contributed by atoms with Crippen molar-refractivity contribution in [2.75, 3.05) is 13.1 Å². The van der Waals surface area contributed by atoms with Crippen molar-refractivity contribution in [1.29, 1.82) is 0 Å². The molecule has 0 spiro atoms. The minimum atomic E-state index is -0.591. The third kappa shape index (κ3) is 6.40. The minimum Gasteiger partial charge on any atom is -0.366 e. The zero-order valence-corrected chi connectivity index (χ0v) is 24.8. The lowest BCUT2D eigenvalue weighted by molar-refractivity contribution is 0.388. The molecule has 214 valence electrons. The van der Waals surface area contributed by atoms with Gasteiger partial charge in [-0.2, -0.15) is 0 Å². The summed E-state index contributed by atoms with van der Waals surface area (Å²) < 4.78 is 6.57. The molecule has 1 fully saturated rings. The fraction of sp³-hybridized carbons (Fsp3) is 0.406. The SMILES string of the molecule is CCCCc1nc(C(C)C)c(CC(=S)N2CCCC2)c(=O)n1Cc1ccc(-c2ccccc2-c2noc(=O)[nH]2)cc1. The molecule has 0 bridgehead atoms. The van der Waals surface area contributed by atoms with Gasteiger partial charge in [-0.05, 0) is 41.9 Å². The van der Waals surface area contributed by atoms with E-state index in [9.17, 15) is 9.59 Å². The molecular weight excluding hydrogens is 534 g/mol. The van der Waals surface area contributed by atoms with Crippen molar-refractivity contribution in [3.63, 3.8) is 0 Å². The molecule has 41 heavy (non-hydrogen) atoms. The highest BCUT2D eigenvalue weighted by Crippen LogP contribution is 2.30. The summed E-state index contributed by atoms with van der Waals surface area (Å²) in [5.41, 5.74) is 5.29. The maximum atomic E-state index is 14.1. The van der Waals surface area contributed by atoms with Gasteiger partial charge in [-0.25, -0.2) is 9.78 Å².